The van der Waals surface area contributed by atoms with Crippen molar-refractivity contribution >= 4 is 34.8 Å². The van der Waals surface area contributed by atoms with Crippen LogP contribution in [-0.4, -0.2) is 26.0 Å². The monoisotopic (exact) mass is 434 g/mol. The molecule has 0 N–H and O–H groups in total. The molecule has 0 bridgehead atoms. The summed E-state index contributed by atoms with van der Waals surface area (Å²) in [4.78, 5) is 32.1. The Morgan fingerprint density at radius 2 is 2.17 bits per heavy atom. The quantitative estimate of drug-likeness (QED) is 0.287. The summed E-state index contributed by atoms with van der Waals surface area (Å²) in [5.74, 6) is 0.377. The zero-order chi connectivity index (χ0) is 21.0. The third kappa shape index (κ3) is 5.61. The molecule has 3 rings (SSSR count). The number of thiazole rings is 1. The van der Waals surface area contributed by atoms with Gasteiger partial charge in [-0.1, -0.05) is 30.8 Å². The number of benzene rings is 1. The van der Waals surface area contributed by atoms with Crippen LogP contribution in [0.25, 0.3) is 0 Å². The van der Waals surface area contributed by atoms with E-state index in [2.05, 4.69) is 15.1 Å². The summed E-state index contributed by atoms with van der Waals surface area (Å²) >= 11 is 2.58. The predicted molar refractivity (Wildman–Crippen MR) is 106 cm³/mol. The van der Waals surface area contributed by atoms with E-state index in [0.29, 0.717) is 27.4 Å². The lowest BCUT2D eigenvalue weighted by atomic mass is 10.1. The van der Waals surface area contributed by atoms with E-state index >= 15 is 0 Å². The Labute approximate surface area is 174 Å². The Hall–Kier alpha value is -2.79. The molecule has 0 amide bonds. The van der Waals surface area contributed by atoms with Crippen LogP contribution < -0.4 is 0 Å². The number of carbonyl (C=O) groups is 1. The fourth-order valence-electron chi connectivity index (χ4n) is 2.35. The molecule has 0 saturated heterocycles. The number of ether oxygens (including phenoxy) is 1. The Morgan fingerprint density at radius 3 is 2.83 bits per heavy atom. The molecule has 3 aromatic rings. The summed E-state index contributed by atoms with van der Waals surface area (Å²) in [6.45, 7) is 5.71. The highest BCUT2D eigenvalue weighted by Crippen LogP contribution is 2.36. The number of carbonyl (C=O) groups excluding carboxylic acids is 1. The van der Waals surface area contributed by atoms with Crippen molar-refractivity contribution in [3.63, 3.8) is 0 Å². The number of rotatable bonds is 8. The van der Waals surface area contributed by atoms with Gasteiger partial charge in [0, 0.05) is 23.6 Å². The van der Waals surface area contributed by atoms with Gasteiger partial charge >= 0.3 is 5.97 Å². The Bertz CT molecular complexity index is 1030. The fourth-order valence-corrected chi connectivity index (χ4v) is 4.23. The molecule has 2 heterocycles. The molecule has 0 atom stereocenters. The van der Waals surface area contributed by atoms with Crippen LogP contribution in [0.1, 0.15) is 41.6 Å². The number of nitro groups is 1. The molecule has 0 spiro atoms. The first kappa shape index (κ1) is 20.9. The van der Waals surface area contributed by atoms with Gasteiger partial charge in [-0.05, 0) is 25.0 Å². The van der Waals surface area contributed by atoms with Crippen molar-refractivity contribution in [3.8, 4) is 0 Å². The van der Waals surface area contributed by atoms with Gasteiger partial charge in [-0.3, -0.25) is 10.1 Å². The van der Waals surface area contributed by atoms with E-state index in [1.165, 1.54) is 41.3 Å². The number of aromatic nitrogens is 3. The number of nitrogens with zero attached hydrogens (tertiary/aromatic N) is 4. The smallest absolute Gasteiger partial charge is 0.338 e. The molecule has 0 aliphatic rings. The van der Waals surface area contributed by atoms with Crippen molar-refractivity contribution in [2.45, 2.75) is 43.0 Å². The van der Waals surface area contributed by atoms with Crippen LogP contribution in [0, 0.1) is 23.0 Å². The van der Waals surface area contributed by atoms with Gasteiger partial charge in [-0.15, -0.1) is 11.3 Å². The summed E-state index contributed by atoms with van der Waals surface area (Å²) in [5, 5.41) is 17.1. The molecule has 0 aliphatic heterocycles. The largest absolute Gasteiger partial charge is 0.452 e. The second-order valence-electron chi connectivity index (χ2n) is 6.57. The van der Waals surface area contributed by atoms with Gasteiger partial charge in [0.1, 0.15) is 0 Å². The normalized spacial score (nSPS) is 11.0. The molecular weight excluding hydrogens is 416 g/mol. The predicted octanol–water partition coefficient (Wildman–Crippen LogP) is 4.45. The Balaban J connectivity index is 1.69. The zero-order valence-electron chi connectivity index (χ0n) is 15.9. The topological polar surface area (TPSA) is 121 Å². The Morgan fingerprint density at radius 1 is 1.38 bits per heavy atom. The molecule has 0 radical (unpaired) electrons. The lowest BCUT2D eigenvalue weighted by Gasteiger charge is -2.05. The minimum atomic E-state index is -0.710. The van der Waals surface area contributed by atoms with Crippen LogP contribution in [0.3, 0.4) is 0 Å². The maximum absolute atomic E-state index is 12.3. The Kier molecular flexibility index (Phi) is 6.60. The van der Waals surface area contributed by atoms with Gasteiger partial charge in [0.05, 0.1) is 15.4 Å². The first-order valence-electron chi connectivity index (χ1n) is 8.69. The van der Waals surface area contributed by atoms with E-state index in [4.69, 9.17) is 9.26 Å². The van der Waals surface area contributed by atoms with Crippen molar-refractivity contribution < 1.29 is 19.0 Å². The molecule has 0 aliphatic carbocycles. The van der Waals surface area contributed by atoms with Gasteiger partial charge in [0.25, 0.3) is 11.6 Å². The van der Waals surface area contributed by atoms with E-state index in [9.17, 15) is 14.9 Å². The van der Waals surface area contributed by atoms with E-state index in [0.717, 1.165) is 5.69 Å². The minimum absolute atomic E-state index is 0.0679. The molecule has 29 heavy (non-hydrogen) atoms. The average Bonchev–Trinajstić information content (AvgIpc) is 3.28. The number of hydrogen-bond acceptors (Lipinski definition) is 10. The molecule has 0 saturated carbocycles. The van der Waals surface area contributed by atoms with E-state index in [1.807, 2.05) is 26.2 Å². The van der Waals surface area contributed by atoms with Gasteiger partial charge in [-0.25, -0.2) is 9.78 Å². The summed E-state index contributed by atoms with van der Waals surface area (Å²) in [7, 11) is 0. The zero-order valence-corrected chi connectivity index (χ0v) is 17.6. The van der Waals surface area contributed by atoms with Crippen molar-refractivity contribution in [2.75, 3.05) is 0 Å². The molecule has 9 nitrogen and oxygen atoms in total. The molecule has 152 valence electrons. The highest BCUT2D eigenvalue weighted by molar-refractivity contribution is 8.01. The summed E-state index contributed by atoms with van der Waals surface area (Å²) in [6.07, 6.45) is 0.654. The standard InChI is InChI=1S/C18H18N4O5S2/c1-10(2)6-15-20-16(27-21-15)8-26-17(23)12-4-5-14(13(7-12)22(24)25)29-18-19-11(3)9-28-18/h4-5,7,9-10H,6,8H2,1-3H3. The molecule has 0 fully saturated rings. The summed E-state index contributed by atoms with van der Waals surface area (Å²) in [6, 6.07) is 4.20. The van der Waals surface area contributed by atoms with Crippen LogP contribution in [0.5, 0.6) is 0 Å². The van der Waals surface area contributed by atoms with Gasteiger partial charge in [0.15, 0.2) is 16.8 Å². The highest BCUT2D eigenvalue weighted by Gasteiger charge is 2.21. The molecule has 2 aromatic heterocycles. The van der Waals surface area contributed by atoms with Crippen molar-refractivity contribution in [2.24, 2.45) is 5.92 Å². The third-order valence-electron chi connectivity index (χ3n) is 3.61. The lowest BCUT2D eigenvalue weighted by molar-refractivity contribution is -0.387. The van der Waals surface area contributed by atoms with E-state index < -0.39 is 10.9 Å². The van der Waals surface area contributed by atoms with Crippen LogP contribution in [-0.2, 0) is 17.8 Å². The second-order valence-corrected chi connectivity index (χ2v) is 8.72. The molecule has 0 unspecified atom stereocenters. The maximum atomic E-state index is 12.3. The number of hydrogen-bond donors (Lipinski definition) is 0. The van der Waals surface area contributed by atoms with Crippen LogP contribution in [0.2, 0.25) is 0 Å². The molecular formula is C18H18N4O5S2. The fraction of sp³-hybridized carbons (Fsp3) is 0.333. The van der Waals surface area contributed by atoms with Gasteiger partial charge < -0.3 is 9.26 Å². The second kappa shape index (κ2) is 9.14. The molecule has 1 aromatic carbocycles. The number of esters is 1. The lowest BCUT2D eigenvalue weighted by Crippen LogP contribution is -2.06. The van der Waals surface area contributed by atoms with Crippen LogP contribution in [0.4, 0.5) is 5.69 Å². The minimum Gasteiger partial charge on any atom is -0.452 e. The SMILES string of the molecule is Cc1csc(Sc2ccc(C(=O)OCc3nc(CC(C)C)no3)cc2[N+](=O)[O-])n1. The van der Waals surface area contributed by atoms with Crippen LogP contribution >= 0.6 is 23.1 Å². The number of aryl methyl sites for hydroxylation is 1. The van der Waals surface area contributed by atoms with Gasteiger partial charge in [-0.2, -0.15) is 4.98 Å². The van der Waals surface area contributed by atoms with Crippen molar-refractivity contribution in [1.82, 2.24) is 15.1 Å². The maximum Gasteiger partial charge on any atom is 0.338 e. The van der Waals surface area contributed by atoms with Crippen molar-refractivity contribution in [3.05, 3.63) is 56.7 Å². The first-order valence-corrected chi connectivity index (χ1v) is 10.4. The van der Waals surface area contributed by atoms with Crippen molar-refractivity contribution in [1.29, 1.82) is 0 Å². The third-order valence-corrected chi connectivity index (χ3v) is 5.74. The summed E-state index contributed by atoms with van der Waals surface area (Å²) in [5.41, 5.74) is 0.727. The van der Waals surface area contributed by atoms with Crippen LogP contribution in [0.15, 0.2) is 37.3 Å². The first-order chi connectivity index (χ1) is 13.8. The highest BCUT2D eigenvalue weighted by atomic mass is 32.2. The summed E-state index contributed by atoms with van der Waals surface area (Å²) < 4.78 is 10.9. The molecule has 11 heteroatoms. The average molecular weight is 434 g/mol. The van der Waals surface area contributed by atoms with E-state index in [-0.39, 0.29) is 23.7 Å². The number of nitro benzene ring substituents is 1. The van der Waals surface area contributed by atoms with Gasteiger partial charge in [0.2, 0.25) is 0 Å². The van der Waals surface area contributed by atoms with E-state index in [1.54, 1.807) is 0 Å².